The van der Waals surface area contributed by atoms with Crippen LogP contribution < -0.4 is 20.9 Å². The predicted octanol–water partition coefficient (Wildman–Crippen LogP) is 2.39. The highest BCUT2D eigenvalue weighted by molar-refractivity contribution is 5.95. The summed E-state index contributed by atoms with van der Waals surface area (Å²) in [6.45, 7) is 8.51. The molecule has 2 aromatic rings. The second-order valence-corrected chi connectivity index (χ2v) is 12.2. The van der Waals surface area contributed by atoms with E-state index in [-0.39, 0.29) is 24.3 Å². The molecule has 9 heteroatoms. The van der Waals surface area contributed by atoms with Gasteiger partial charge < -0.3 is 30.5 Å². The van der Waals surface area contributed by atoms with Crippen molar-refractivity contribution >= 4 is 29.7 Å². The van der Waals surface area contributed by atoms with Crippen molar-refractivity contribution in [2.45, 2.75) is 70.6 Å². The minimum absolute atomic E-state index is 0.260. The Labute approximate surface area is 243 Å². The molecule has 2 aliphatic rings. The molecule has 9 nitrogen and oxygen atoms in total. The van der Waals surface area contributed by atoms with Crippen molar-refractivity contribution in [2.75, 3.05) is 31.6 Å². The first-order valence-electron chi connectivity index (χ1n) is 14.5. The third-order valence-electron chi connectivity index (χ3n) is 8.38. The largest absolute Gasteiger partial charge is 0.367 e. The number of benzene rings is 2. The number of aldehydes is 1. The van der Waals surface area contributed by atoms with Crippen molar-refractivity contribution in [3.8, 4) is 0 Å². The van der Waals surface area contributed by atoms with Gasteiger partial charge in [0.05, 0.1) is 6.04 Å². The lowest BCUT2D eigenvalue weighted by Crippen LogP contribution is -2.67. The van der Waals surface area contributed by atoms with Gasteiger partial charge >= 0.3 is 0 Å². The Morgan fingerprint density at radius 1 is 1.02 bits per heavy atom. The Balaban J connectivity index is 1.68. The van der Waals surface area contributed by atoms with Crippen molar-refractivity contribution in [3.05, 3.63) is 65.7 Å². The van der Waals surface area contributed by atoms with Crippen molar-refractivity contribution < 1.29 is 19.2 Å². The van der Waals surface area contributed by atoms with Crippen molar-refractivity contribution in [1.29, 1.82) is 0 Å². The molecule has 0 saturated carbocycles. The van der Waals surface area contributed by atoms with E-state index < -0.39 is 29.1 Å². The van der Waals surface area contributed by atoms with E-state index >= 15 is 0 Å². The van der Waals surface area contributed by atoms with E-state index in [1.807, 2.05) is 75.4 Å². The average molecular weight is 562 g/mol. The van der Waals surface area contributed by atoms with E-state index in [4.69, 9.17) is 0 Å². The molecule has 3 N–H and O–H groups in total. The first-order valence-corrected chi connectivity index (χ1v) is 14.5. The summed E-state index contributed by atoms with van der Waals surface area (Å²) in [6, 6.07) is 15.3. The Bertz CT molecular complexity index is 1260. The highest BCUT2D eigenvalue weighted by Crippen LogP contribution is 2.34. The van der Waals surface area contributed by atoms with Gasteiger partial charge in [0.1, 0.15) is 23.9 Å². The number of hydrogen-bond acceptors (Lipinski definition) is 6. The lowest BCUT2D eigenvalue weighted by atomic mass is 9.77. The molecule has 0 aromatic heterocycles. The summed E-state index contributed by atoms with van der Waals surface area (Å²) >= 11 is 0. The lowest BCUT2D eigenvalue weighted by Gasteiger charge is -2.45. The summed E-state index contributed by atoms with van der Waals surface area (Å²) in [5, 5.41) is 8.93. The molecule has 3 amide bonds. The molecular formula is C32H43N5O4. The maximum absolute atomic E-state index is 14.2. The minimum Gasteiger partial charge on any atom is -0.367 e. The highest BCUT2D eigenvalue weighted by Gasteiger charge is 2.45. The van der Waals surface area contributed by atoms with Crippen LogP contribution >= 0.6 is 0 Å². The van der Waals surface area contributed by atoms with Gasteiger partial charge in [-0.3, -0.25) is 14.4 Å². The molecule has 220 valence electrons. The molecule has 0 radical (unpaired) electrons. The van der Waals surface area contributed by atoms with Gasteiger partial charge in [0.25, 0.3) is 0 Å². The number of fused-ring (bicyclic) bond motifs is 1. The minimum atomic E-state index is -1.16. The number of para-hydroxylation sites is 1. The quantitative estimate of drug-likeness (QED) is 0.427. The summed E-state index contributed by atoms with van der Waals surface area (Å²) in [4.78, 5) is 57.6. The number of piperazine rings is 1. The second kappa shape index (κ2) is 12.4. The zero-order valence-corrected chi connectivity index (χ0v) is 24.8. The van der Waals surface area contributed by atoms with Gasteiger partial charge in [-0.1, -0.05) is 63.2 Å². The van der Waals surface area contributed by atoms with Gasteiger partial charge in [-0.15, -0.1) is 0 Å². The number of likely N-dealkylation sites (N-methyl/N-ethyl adjacent to an activating group) is 1. The molecule has 1 saturated heterocycles. The smallest absolute Gasteiger partial charge is 0.246 e. The van der Waals surface area contributed by atoms with Crippen LogP contribution in [0.15, 0.2) is 54.6 Å². The van der Waals surface area contributed by atoms with Gasteiger partial charge in [0.15, 0.2) is 0 Å². The van der Waals surface area contributed by atoms with Crippen molar-refractivity contribution in [1.82, 2.24) is 20.9 Å². The number of rotatable bonds is 8. The number of hydrogen-bond donors (Lipinski definition) is 3. The average Bonchev–Trinajstić information content (AvgIpc) is 2.98. The van der Waals surface area contributed by atoms with Crippen molar-refractivity contribution in [2.24, 2.45) is 5.41 Å². The van der Waals surface area contributed by atoms with Crippen LogP contribution in [0, 0.1) is 5.41 Å². The summed E-state index contributed by atoms with van der Waals surface area (Å²) in [5.41, 5.74) is 1.04. The van der Waals surface area contributed by atoms with E-state index in [1.54, 1.807) is 18.9 Å². The number of aryl methyl sites for hydroxylation is 1. The molecule has 2 aromatic carbocycles. The van der Waals surface area contributed by atoms with Crippen LogP contribution in [-0.2, 0) is 31.1 Å². The lowest BCUT2D eigenvalue weighted by molar-refractivity contribution is -0.147. The Kier molecular flexibility index (Phi) is 9.17. The van der Waals surface area contributed by atoms with E-state index in [0.717, 1.165) is 35.9 Å². The molecule has 0 spiro atoms. The first-order chi connectivity index (χ1) is 19.5. The summed E-state index contributed by atoms with van der Waals surface area (Å²) in [5.74, 6) is -0.986. The standard InChI is InChI=1S/C32H43N5O4/c1-22(33-5)28(39)34-27(31(2,3)4)30(41)37-19-18-36(24-14-7-6-8-15-24)20-26(37)29(40)35-32(21-38)17-11-13-23-12-9-10-16-25(23)32/h6-10,12,14-16,21-22,26-27,33H,11,13,17-20H2,1-5H3,(H,34,39)(H,35,40). The van der Waals surface area contributed by atoms with Crippen LogP contribution in [0.1, 0.15) is 51.7 Å². The molecule has 1 aliphatic heterocycles. The maximum atomic E-state index is 14.2. The Morgan fingerprint density at radius 2 is 1.71 bits per heavy atom. The first kappa shape index (κ1) is 30.2. The zero-order valence-electron chi connectivity index (χ0n) is 24.8. The Hall–Kier alpha value is -3.72. The van der Waals surface area contributed by atoms with Crippen LogP contribution in [0.3, 0.4) is 0 Å². The van der Waals surface area contributed by atoms with Gasteiger partial charge in [-0.05, 0) is 61.9 Å². The molecule has 0 bridgehead atoms. The second-order valence-electron chi connectivity index (χ2n) is 12.2. The molecule has 1 aliphatic carbocycles. The number of nitrogens with zero attached hydrogens (tertiary/aromatic N) is 2. The maximum Gasteiger partial charge on any atom is 0.246 e. The fourth-order valence-electron chi connectivity index (χ4n) is 5.81. The van der Waals surface area contributed by atoms with E-state index in [1.165, 1.54) is 0 Å². The number of anilines is 1. The number of nitrogens with one attached hydrogen (secondary N) is 3. The van der Waals surface area contributed by atoms with Crippen LogP contribution in [-0.4, -0.2) is 73.7 Å². The van der Waals surface area contributed by atoms with Crippen LogP contribution in [0.4, 0.5) is 5.69 Å². The Morgan fingerprint density at radius 3 is 2.37 bits per heavy atom. The molecule has 1 fully saturated rings. The number of carbonyl (C=O) groups is 4. The predicted molar refractivity (Wildman–Crippen MR) is 159 cm³/mol. The van der Waals surface area contributed by atoms with Crippen LogP contribution in [0.25, 0.3) is 0 Å². The fourth-order valence-corrected chi connectivity index (χ4v) is 5.81. The third kappa shape index (κ3) is 6.45. The molecule has 4 unspecified atom stereocenters. The fraction of sp³-hybridized carbons (Fsp3) is 0.500. The SMILES string of the molecule is CNC(C)C(=O)NC(C(=O)N1CCN(c2ccccc2)CC1C(=O)NC1(C=O)CCCc2ccccc21)C(C)(C)C. The summed E-state index contributed by atoms with van der Waals surface area (Å²) in [6.07, 6.45) is 2.94. The molecule has 41 heavy (non-hydrogen) atoms. The van der Waals surface area contributed by atoms with Crippen LogP contribution in [0.5, 0.6) is 0 Å². The van der Waals surface area contributed by atoms with Gasteiger partial charge in [0.2, 0.25) is 17.7 Å². The molecule has 1 heterocycles. The zero-order chi connectivity index (χ0) is 29.8. The van der Waals surface area contributed by atoms with Gasteiger partial charge in [-0.2, -0.15) is 0 Å². The van der Waals surface area contributed by atoms with Crippen molar-refractivity contribution in [3.63, 3.8) is 0 Å². The normalized spacial score (nSPS) is 22.2. The van der Waals surface area contributed by atoms with Crippen LogP contribution in [0.2, 0.25) is 0 Å². The number of amides is 3. The topological polar surface area (TPSA) is 111 Å². The molecule has 4 rings (SSSR count). The van der Waals surface area contributed by atoms with E-state index in [0.29, 0.717) is 19.5 Å². The van der Waals surface area contributed by atoms with Gasteiger partial charge in [-0.25, -0.2) is 0 Å². The summed E-state index contributed by atoms with van der Waals surface area (Å²) in [7, 11) is 1.69. The summed E-state index contributed by atoms with van der Waals surface area (Å²) < 4.78 is 0. The van der Waals surface area contributed by atoms with E-state index in [2.05, 4.69) is 20.9 Å². The van der Waals surface area contributed by atoms with Gasteiger partial charge in [0, 0.05) is 25.3 Å². The highest BCUT2D eigenvalue weighted by atomic mass is 16.2. The monoisotopic (exact) mass is 561 g/mol. The molecular weight excluding hydrogens is 518 g/mol. The van der Waals surface area contributed by atoms with E-state index in [9.17, 15) is 19.2 Å². The third-order valence-corrected chi connectivity index (χ3v) is 8.38. The number of carbonyl (C=O) groups excluding carboxylic acids is 4. The molecule has 4 atom stereocenters.